The fraction of sp³-hybridized carbons (Fsp3) is 0.500. The number of nitrogens with zero attached hydrogens (tertiary/aromatic N) is 1. The minimum absolute atomic E-state index is 0.808. The maximum Gasteiger partial charge on any atom is 0.183 e. The standard InChI is InChI=1S/C14H18N2OS2/c1-17-11-2-3-12-13(8-11)19-14(16-12)15-9-10-4-6-18-7-5-10/h2-3,8,10H,4-7,9H2,1H3,(H,15,16). The highest BCUT2D eigenvalue weighted by Gasteiger charge is 2.14. The number of thioether (sulfide) groups is 1. The van der Waals surface area contributed by atoms with E-state index in [-0.39, 0.29) is 0 Å². The predicted molar refractivity (Wildman–Crippen MR) is 84.7 cm³/mol. The van der Waals surface area contributed by atoms with Crippen LogP contribution in [0.15, 0.2) is 18.2 Å². The number of hydrogen-bond acceptors (Lipinski definition) is 5. The Bertz CT molecular complexity index is 549. The van der Waals surface area contributed by atoms with Gasteiger partial charge in [0.2, 0.25) is 0 Å². The second-order valence-electron chi connectivity index (χ2n) is 4.79. The monoisotopic (exact) mass is 294 g/mol. The van der Waals surface area contributed by atoms with E-state index in [9.17, 15) is 0 Å². The van der Waals surface area contributed by atoms with E-state index in [4.69, 9.17) is 4.74 Å². The van der Waals surface area contributed by atoms with Crippen molar-refractivity contribution in [1.29, 1.82) is 0 Å². The number of anilines is 1. The zero-order valence-electron chi connectivity index (χ0n) is 11.0. The lowest BCUT2D eigenvalue weighted by atomic mass is 10.0. The van der Waals surface area contributed by atoms with Gasteiger partial charge in [-0.1, -0.05) is 11.3 Å². The van der Waals surface area contributed by atoms with Crippen molar-refractivity contribution in [3.8, 4) is 5.75 Å². The summed E-state index contributed by atoms with van der Waals surface area (Å²) in [5, 5.41) is 4.53. The number of fused-ring (bicyclic) bond motifs is 1. The lowest BCUT2D eigenvalue weighted by Crippen LogP contribution is -2.18. The lowest BCUT2D eigenvalue weighted by molar-refractivity contribution is 0.415. The Labute approximate surface area is 121 Å². The lowest BCUT2D eigenvalue weighted by Gasteiger charge is -2.21. The van der Waals surface area contributed by atoms with Crippen LogP contribution in [-0.4, -0.2) is 30.1 Å². The van der Waals surface area contributed by atoms with Crippen LogP contribution in [0.5, 0.6) is 5.75 Å². The van der Waals surface area contributed by atoms with Gasteiger partial charge in [-0.05, 0) is 48.5 Å². The molecule has 3 rings (SSSR count). The molecule has 1 aromatic heterocycles. The van der Waals surface area contributed by atoms with E-state index in [1.165, 1.54) is 29.0 Å². The average Bonchev–Trinajstić information content (AvgIpc) is 2.88. The quantitative estimate of drug-likeness (QED) is 0.928. The second kappa shape index (κ2) is 6.01. The van der Waals surface area contributed by atoms with Gasteiger partial charge in [-0.15, -0.1) is 0 Å². The molecule has 2 heterocycles. The van der Waals surface area contributed by atoms with E-state index >= 15 is 0 Å². The molecule has 1 aliphatic rings. The third kappa shape index (κ3) is 3.15. The molecule has 0 unspecified atom stereocenters. The number of thiazole rings is 1. The van der Waals surface area contributed by atoms with Crippen LogP contribution in [-0.2, 0) is 0 Å². The molecule has 0 amide bonds. The molecule has 1 aromatic carbocycles. The van der Waals surface area contributed by atoms with Gasteiger partial charge in [-0.25, -0.2) is 4.98 Å². The normalized spacial score (nSPS) is 16.7. The molecule has 1 fully saturated rings. The Balaban J connectivity index is 1.67. The highest BCUT2D eigenvalue weighted by Crippen LogP contribution is 2.30. The van der Waals surface area contributed by atoms with E-state index in [0.717, 1.165) is 28.9 Å². The first kappa shape index (κ1) is 13.1. The SMILES string of the molecule is COc1ccc2nc(NCC3CCSCC3)sc2c1. The van der Waals surface area contributed by atoms with Crippen molar-refractivity contribution in [1.82, 2.24) is 4.98 Å². The molecule has 0 aliphatic carbocycles. The molecule has 0 bridgehead atoms. The first-order valence-electron chi connectivity index (χ1n) is 6.61. The summed E-state index contributed by atoms with van der Waals surface area (Å²) in [5.74, 6) is 4.32. The number of aromatic nitrogens is 1. The maximum atomic E-state index is 5.24. The van der Waals surface area contributed by atoms with Crippen molar-refractivity contribution in [3.63, 3.8) is 0 Å². The molecule has 0 spiro atoms. The smallest absolute Gasteiger partial charge is 0.183 e. The highest BCUT2D eigenvalue weighted by atomic mass is 32.2. The van der Waals surface area contributed by atoms with Crippen LogP contribution in [0.3, 0.4) is 0 Å². The van der Waals surface area contributed by atoms with Gasteiger partial charge in [-0.3, -0.25) is 0 Å². The van der Waals surface area contributed by atoms with Gasteiger partial charge >= 0.3 is 0 Å². The van der Waals surface area contributed by atoms with Crippen molar-refractivity contribution in [2.24, 2.45) is 5.92 Å². The van der Waals surface area contributed by atoms with Crippen molar-refractivity contribution >= 4 is 38.4 Å². The summed E-state index contributed by atoms with van der Waals surface area (Å²) in [7, 11) is 1.70. The zero-order chi connectivity index (χ0) is 13.1. The maximum absolute atomic E-state index is 5.24. The first-order valence-corrected chi connectivity index (χ1v) is 8.58. The molecule has 0 atom stereocenters. The van der Waals surface area contributed by atoms with Crippen LogP contribution >= 0.6 is 23.1 Å². The average molecular weight is 294 g/mol. The molecular formula is C14H18N2OS2. The Hall–Kier alpha value is -0.940. The van der Waals surface area contributed by atoms with Crippen molar-refractivity contribution in [2.75, 3.05) is 30.5 Å². The third-order valence-electron chi connectivity index (χ3n) is 3.48. The Morgan fingerprint density at radius 2 is 2.21 bits per heavy atom. The van der Waals surface area contributed by atoms with Crippen LogP contribution in [0.25, 0.3) is 10.2 Å². The van der Waals surface area contributed by atoms with E-state index in [2.05, 4.69) is 28.1 Å². The molecular weight excluding hydrogens is 276 g/mol. The molecule has 3 nitrogen and oxygen atoms in total. The summed E-state index contributed by atoms with van der Waals surface area (Å²) < 4.78 is 6.42. The summed E-state index contributed by atoms with van der Waals surface area (Å²) in [6.07, 6.45) is 2.66. The van der Waals surface area contributed by atoms with Gasteiger partial charge in [0.05, 0.1) is 17.3 Å². The molecule has 0 saturated carbocycles. The molecule has 1 aliphatic heterocycles. The largest absolute Gasteiger partial charge is 0.497 e. The van der Waals surface area contributed by atoms with E-state index < -0.39 is 0 Å². The fourth-order valence-corrected chi connectivity index (χ4v) is 4.39. The van der Waals surface area contributed by atoms with Crippen molar-refractivity contribution in [3.05, 3.63) is 18.2 Å². The third-order valence-corrected chi connectivity index (χ3v) is 5.50. The van der Waals surface area contributed by atoms with Crippen LogP contribution in [0.2, 0.25) is 0 Å². The van der Waals surface area contributed by atoms with E-state index in [1.54, 1.807) is 18.4 Å². The summed E-state index contributed by atoms with van der Waals surface area (Å²) in [4.78, 5) is 4.62. The molecule has 5 heteroatoms. The number of hydrogen-bond donors (Lipinski definition) is 1. The number of methoxy groups -OCH3 is 1. The zero-order valence-corrected chi connectivity index (χ0v) is 12.6. The molecule has 2 aromatic rings. The first-order chi connectivity index (χ1) is 9.35. The molecule has 102 valence electrons. The summed E-state index contributed by atoms with van der Waals surface area (Å²) in [5.41, 5.74) is 1.05. The molecule has 19 heavy (non-hydrogen) atoms. The Morgan fingerprint density at radius 3 is 3.00 bits per heavy atom. The van der Waals surface area contributed by atoms with Gasteiger partial charge in [0.15, 0.2) is 5.13 Å². The Morgan fingerprint density at radius 1 is 1.37 bits per heavy atom. The summed E-state index contributed by atoms with van der Waals surface area (Å²) >= 11 is 3.78. The second-order valence-corrected chi connectivity index (χ2v) is 7.04. The highest BCUT2D eigenvalue weighted by molar-refractivity contribution is 7.99. The molecule has 1 N–H and O–H groups in total. The molecule has 0 radical (unpaired) electrons. The van der Waals surface area contributed by atoms with E-state index in [1.807, 2.05) is 12.1 Å². The topological polar surface area (TPSA) is 34.1 Å². The number of ether oxygens (including phenoxy) is 1. The predicted octanol–water partition coefficient (Wildman–Crippen LogP) is 3.86. The minimum atomic E-state index is 0.808. The Kier molecular flexibility index (Phi) is 4.13. The number of rotatable bonds is 4. The molecule has 1 saturated heterocycles. The van der Waals surface area contributed by atoms with Crippen LogP contribution < -0.4 is 10.1 Å². The number of nitrogens with one attached hydrogen (secondary N) is 1. The van der Waals surface area contributed by atoms with Gasteiger partial charge in [-0.2, -0.15) is 11.8 Å². The van der Waals surface area contributed by atoms with Gasteiger partial charge in [0, 0.05) is 6.54 Å². The number of benzene rings is 1. The van der Waals surface area contributed by atoms with Crippen LogP contribution in [0, 0.1) is 5.92 Å². The van der Waals surface area contributed by atoms with Crippen molar-refractivity contribution < 1.29 is 4.74 Å². The van der Waals surface area contributed by atoms with Gasteiger partial charge in [0.1, 0.15) is 5.75 Å². The van der Waals surface area contributed by atoms with Gasteiger partial charge in [0.25, 0.3) is 0 Å². The van der Waals surface area contributed by atoms with Crippen molar-refractivity contribution in [2.45, 2.75) is 12.8 Å². The van der Waals surface area contributed by atoms with Gasteiger partial charge < -0.3 is 10.1 Å². The summed E-state index contributed by atoms with van der Waals surface area (Å²) in [6.45, 7) is 1.05. The fourth-order valence-electron chi connectivity index (χ4n) is 2.29. The van der Waals surface area contributed by atoms with Crippen LogP contribution in [0.4, 0.5) is 5.13 Å². The van der Waals surface area contributed by atoms with E-state index in [0.29, 0.717) is 0 Å². The van der Waals surface area contributed by atoms with Crippen LogP contribution in [0.1, 0.15) is 12.8 Å². The minimum Gasteiger partial charge on any atom is -0.497 e. The summed E-state index contributed by atoms with van der Waals surface area (Å²) in [6, 6.07) is 6.03.